The lowest BCUT2D eigenvalue weighted by Gasteiger charge is -2.14. The lowest BCUT2D eigenvalue weighted by molar-refractivity contribution is 0.230. The normalized spacial score (nSPS) is 10.2. The van der Waals surface area contributed by atoms with E-state index in [1.807, 2.05) is 38.1 Å². The van der Waals surface area contributed by atoms with Crippen LogP contribution in [0.4, 0.5) is 5.69 Å². The second-order valence-electron chi connectivity index (χ2n) is 4.79. The van der Waals surface area contributed by atoms with E-state index >= 15 is 0 Å². The summed E-state index contributed by atoms with van der Waals surface area (Å²) in [6, 6.07) is 11.1. The Labute approximate surface area is 129 Å². The first-order chi connectivity index (χ1) is 10.1. The zero-order valence-corrected chi connectivity index (χ0v) is 12.7. The van der Waals surface area contributed by atoms with E-state index in [1.165, 1.54) is 0 Å². The molecule has 2 aromatic rings. The van der Waals surface area contributed by atoms with Gasteiger partial charge in [0.1, 0.15) is 6.07 Å². The van der Waals surface area contributed by atoms with Crippen LogP contribution >= 0.6 is 11.6 Å². The van der Waals surface area contributed by atoms with Crippen molar-refractivity contribution in [2.75, 3.05) is 5.32 Å². The maximum Gasteiger partial charge on any atom is 0.218 e. The van der Waals surface area contributed by atoms with Crippen LogP contribution in [0.15, 0.2) is 36.5 Å². The SMILES string of the molecule is CC(C)Oc1ncccc1CNc1ccc(C#N)c(Cl)c1. The average Bonchev–Trinajstić information content (AvgIpc) is 2.46. The number of nitrogens with one attached hydrogen (secondary N) is 1. The molecule has 0 radical (unpaired) electrons. The Kier molecular flexibility index (Phi) is 5.02. The first kappa shape index (κ1) is 15.1. The van der Waals surface area contributed by atoms with Gasteiger partial charge in [0.2, 0.25) is 5.88 Å². The maximum atomic E-state index is 8.86. The highest BCUT2D eigenvalue weighted by Gasteiger charge is 2.07. The van der Waals surface area contributed by atoms with Gasteiger partial charge >= 0.3 is 0 Å². The third-order valence-corrected chi connectivity index (χ3v) is 3.08. The second-order valence-corrected chi connectivity index (χ2v) is 5.20. The molecule has 1 heterocycles. The van der Waals surface area contributed by atoms with Crippen LogP contribution in [0.2, 0.25) is 5.02 Å². The number of hydrogen-bond acceptors (Lipinski definition) is 4. The predicted molar refractivity (Wildman–Crippen MR) is 83.5 cm³/mol. The number of nitriles is 1. The molecule has 0 spiro atoms. The third-order valence-electron chi connectivity index (χ3n) is 2.77. The largest absolute Gasteiger partial charge is 0.475 e. The molecule has 1 aromatic heterocycles. The number of pyridine rings is 1. The molecular weight excluding hydrogens is 286 g/mol. The van der Waals surface area contributed by atoms with Gasteiger partial charge in [0.25, 0.3) is 0 Å². The predicted octanol–water partition coefficient (Wildman–Crippen LogP) is 4.01. The molecule has 1 aromatic carbocycles. The molecule has 0 bridgehead atoms. The number of anilines is 1. The highest BCUT2D eigenvalue weighted by molar-refractivity contribution is 6.32. The summed E-state index contributed by atoms with van der Waals surface area (Å²) in [4.78, 5) is 4.24. The molecule has 4 nitrogen and oxygen atoms in total. The highest BCUT2D eigenvalue weighted by Crippen LogP contribution is 2.22. The first-order valence-electron chi connectivity index (χ1n) is 6.64. The Hall–Kier alpha value is -2.25. The monoisotopic (exact) mass is 301 g/mol. The molecule has 0 amide bonds. The van der Waals surface area contributed by atoms with E-state index in [1.54, 1.807) is 18.3 Å². The summed E-state index contributed by atoms with van der Waals surface area (Å²) in [7, 11) is 0. The molecule has 0 fully saturated rings. The molecule has 0 aliphatic rings. The molecule has 0 atom stereocenters. The number of halogens is 1. The molecule has 0 aliphatic heterocycles. The summed E-state index contributed by atoms with van der Waals surface area (Å²) < 4.78 is 5.67. The fraction of sp³-hybridized carbons (Fsp3) is 0.250. The van der Waals surface area contributed by atoms with Crippen LogP contribution < -0.4 is 10.1 Å². The van der Waals surface area contributed by atoms with Gasteiger partial charge in [0, 0.05) is 24.0 Å². The maximum absolute atomic E-state index is 8.86. The van der Waals surface area contributed by atoms with Crippen LogP contribution in [-0.4, -0.2) is 11.1 Å². The molecule has 0 aliphatic carbocycles. The molecule has 108 valence electrons. The van der Waals surface area contributed by atoms with Gasteiger partial charge in [-0.2, -0.15) is 5.26 Å². The van der Waals surface area contributed by atoms with Crippen molar-refractivity contribution in [3.63, 3.8) is 0 Å². The van der Waals surface area contributed by atoms with E-state index in [9.17, 15) is 0 Å². The van der Waals surface area contributed by atoms with Gasteiger partial charge in [-0.1, -0.05) is 17.7 Å². The van der Waals surface area contributed by atoms with E-state index < -0.39 is 0 Å². The minimum absolute atomic E-state index is 0.0722. The standard InChI is InChI=1S/C16H16ClN3O/c1-11(2)21-16-13(4-3-7-19-16)10-20-14-6-5-12(9-18)15(17)8-14/h3-8,11,20H,10H2,1-2H3. The minimum atomic E-state index is 0.0722. The van der Waals surface area contributed by atoms with E-state index in [2.05, 4.69) is 10.3 Å². The Balaban J connectivity index is 2.10. The van der Waals surface area contributed by atoms with Crippen LogP contribution in [0.25, 0.3) is 0 Å². The van der Waals surface area contributed by atoms with E-state index in [4.69, 9.17) is 21.6 Å². The summed E-state index contributed by atoms with van der Waals surface area (Å²) in [5, 5.41) is 12.5. The van der Waals surface area contributed by atoms with Crippen LogP contribution in [-0.2, 0) is 6.54 Å². The number of nitrogens with zero attached hydrogens (tertiary/aromatic N) is 2. The number of aromatic nitrogens is 1. The Morgan fingerprint density at radius 3 is 2.86 bits per heavy atom. The van der Waals surface area contributed by atoms with E-state index in [-0.39, 0.29) is 6.10 Å². The molecule has 5 heteroatoms. The van der Waals surface area contributed by atoms with Gasteiger partial charge in [-0.15, -0.1) is 0 Å². The van der Waals surface area contributed by atoms with Crippen molar-refractivity contribution in [2.24, 2.45) is 0 Å². The summed E-state index contributed by atoms with van der Waals surface area (Å²) in [6.07, 6.45) is 1.78. The molecule has 1 N–H and O–H groups in total. The van der Waals surface area contributed by atoms with Gasteiger partial charge < -0.3 is 10.1 Å². The highest BCUT2D eigenvalue weighted by atomic mass is 35.5. The fourth-order valence-corrected chi connectivity index (χ4v) is 2.02. The van der Waals surface area contributed by atoms with Crippen molar-refractivity contribution < 1.29 is 4.74 Å². The molecule has 21 heavy (non-hydrogen) atoms. The number of benzene rings is 1. The Morgan fingerprint density at radius 2 is 2.19 bits per heavy atom. The van der Waals surface area contributed by atoms with Crippen LogP contribution in [0.5, 0.6) is 5.88 Å². The Bertz CT molecular complexity index is 665. The Morgan fingerprint density at radius 1 is 1.38 bits per heavy atom. The van der Waals surface area contributed by atoms with Crippen LogP contribution in [0, 0.1) is 11.3 Å². The molecule has 0 saturated heterocycles. The summed E-state index contributed by atoms with van der Waals surface area (Å²) in [5.74, 6) is 0.625. The first-order valence-corrected chi connectivity index (χ1v) is 7.02. The quantitative estimate of drug-likeness (QED) is 0.906. The molecule has 0 unspecified atom stereocenters. The smallest absolute Gasteiger partial charge is 0.218 e. The van der Waals surface area contributed by atoms with E-state index in [0.717, 1.165) is 11.3 Å². The summed E-state index contributed by atoms with van der Waals surface area (Å²) in [6.45, 7) is 4.50. The van der Waals surface area contributed by atoms with Gasteiger partial charge in [-0.05, 0) is 38.1 Å². The van der Waals surface area contributed by atoms with Crippen molar-refractivity contribution in [1.82, 2.24) is 4.98 Å². The minimum Gasteiger partial charge on any atom is -0.475 e. The van der Waals surface area contributed by atoms with Gasteiger partial charge in [-0.25, -0.2) is 4.98 Å². The van der Waals surface area contributed by atoms with Crippen molar-refractivity contribution in [3.8, 4) is 11.9 Å². The zero-order valence-electron chi connectivity index (χ0n) is 11.9. The van der Waals surface area contributed by atoms with Crippen molar-refractivity contribution in [1.29, 1.82) is 5.26 Å². The van der Waals surface area contributed by atoms with Gasteiger partial charge in [0.05, 0.1) is 16.7 Å². The van der Waals surface area contributed by atoms with Crippen LogP contribution in [0.1, 0.15) is 25.0 Å². The van der Waals surface area contributed by atoms with Gasteiger partial charge in [0.15, 0.2) is 0 Å². The van der Waals surface area contributed by atoms with Gasteiger partial charge in [-0.3, -0.25) is 0 Å². The lowest BCUT2D eigenvalue weighted by atomic mass is 10.2. The summed E-state index contributed by atoms with van der Waals surface area (Å²) in [5.41, 5.74) is 2.28. The van der Waals surface area contributed by atoms with Crippen molar-refractivity contribution in [2.45, 2.75) is 26.5 Å². The lowest BCUT2D eigenvalue weighted by Crippen LogP contribution is -2.10. The molecule has 2 rings (SSSR count). The molecule has 0 saturated carbocycles. The number of hydrogen-bond donors (Lipinski definition) is 1. The second kappa shape index (κ2) is 6.96. The number of ether oxygens (including phenoxy) is 1. The summed E-state index contributed by atoms with van der Waals surface area (Å²) >= 11 is 6.01. The number of rotatable bonds is 5. The van der Waals surface area contributed by atoms with Crippen molar-refractivity contribution >= 4 is 17.3 Å². The van der Waals surface area contributed by atoms with Crippen LogP contribution in [0.3, 0.4) is 0 Å². The molecular formula is C16H16ClN3O. The fourth-order valence-electron chi connectivity index (χ4n) is 1.80. The zero-order chi connectivity index (χ0) is 15.2. The average molecular weight is 302 g/mol. The topological polar surface area (TPSA) is 57.9 Å². The van der Waals surface area contributed by atoms with Crippen molar-refractivity contribution in [3.05, 3.63) is 52.7 Å². The van der Waals surface area contributed by atoms with E-state index in [0.29, 0.717) is 23.0 Å². The third kappa shape index (κ3) is 4.11.